The molecule has 1 heterocycles. The topological polar surface area (TPSA) is 63.2 Å². The number of hydrogen-bond donors (Lipinski definition) is 2. The molecule has 1 aromatic carbocycles. The fourth-order valence-electron chi connectivity index (χ4n) is 1.74. The molecule has 0 aliphatic heterocycles. The lowest BCUT2D eigenvalue weighted by atomic mass is 10.3. The molecule has 0 fully saturated rings. The second-order valence-corrected chi connectivity index (χ2v) is 5.43. The minimum atomic E-state index is -0.183. The molecule has 112 valence electrons. The van der Waals surface area contributed by atoms with Crippen LogP contribution in [0.3, 0.4) is 0 Å². The number of urea groups is 1. The second kappa shape index (κ2) is 8.26. The number of nitrogens with one attached hydrogen (secondary N) is 2. The third-order valence-electron chi connectivity index (χ3n) is 2.79. The molecule has 0 saturated carbocycles. The van der Waals surface area contributed by atoms with Crippen LogP contribution in [-0.4, -0.2) is 24.2 Å². The van der Waals surface area contributed by atoms with Crippen molar-refractivity contribution in [2.45, 2.75) is 19.4 Å². The Morgan fingerprint density at radius 2 is 2.19 bits per heavy atom. The molecule has 6 heteroatoms. The van der Waals surface area contributed by atoms with E-state index in [9.17, 15) is 4.79 Å². The lowest BCUT2D eigenvalue weighted by Crippen LogP contribution is -2.37. The lowest BCUT2D eigenvalue weighted by molar-refractivity contribution is 0.236. The highest BCUT2D eigenvalue weighted by atomic mass is 32.1. The third-order valence-corrected chi connectivity index (χ3v) is 3.75. The molecule has 2 aromatic rings. The monoisotopic (exact) mass is 305 g/mol. The molecular formula is C15H19N3O2S. The molecule has 0 spiro atoms. The van der Waals surface area contributed by atoms with Crippen LogP contribution in [0.15, 0.2) is 41.9 Å². The number of amides is 2. The zero-order valence-electron chi connectivity index (χ0n) is 11.9. The minimum Gasteiger partial charge on any atom is -0.494 e. The zero-order valence-corrected chi connectivity index (χ0v) is 12.7. The van der Waals surface area contributed by atoms with Gasteiger partial charge in [-0.15, -0.1) is 11.3 Å². The van der Waals surface area contributed by atoms with Crippen molar-refractivity contribution >= 4 is 17.4 Å². The molecular weight excluding hydrogens is 286 g/mol. The van der Waals surface area contributed by atoms with Crippen LogP contribution in [0.5, 0.6) is 5.75 Å². The highest BCUT2D eigenvalue weighted by Crippen LogP contribution is 2.14. The molecule has 0 unspecified atom stereocenters. The summed E-state index contributed by atoms with van der Waals surface area (Å²) >= 11 is 1.53. The molecule has 2 N–H and O–H groups in total. The van der Waals surface area contributed by atoms with Crippen molar-refractivity contribution < 1.29 is 9.53 Å². The molecule has 0 radical (unpaired) electrons. The molecule has 5 nitrogen and oxygen atoms in total. The highest BCUT2D eigenvalue weighted by molar-refractivity contribution is 7.09. The number of ether oxygens (including phenoxy) is 1. The molecule has 0 saturated heterocycles. The first-order valence-corrected chi connectivity index (χ1v) is 7.75. The molecule has 2 amide bonds. The van der Waals surface area contributed by atoms with E-state index < -0.39 is 0 Å². The number of hydrogen-bond acceptors (Lipinski definition) is 4. The highest BCUT2D eigenvalue weighted by Gasteiger charge is 2.10. The molecule has 1 atom stereocenters. The van der Waals surface area contributed by atoms with Crippen LogP contribution in [-0.2, 0) is 0 Å². The standard InChI is InChI=1S/C15H19N3O2S/c1-12(14-16-9-11-21-14)18-15(19)17-8-5-10-20-13-6-3-2-4-7-13/h2-4,6-7,9,11-12H,5,8,10H2,1H3,(H2,17,18,19)/t12-/m0/s1. The maximum absolute atomic E-state index is 11.7. The van der Waals surface area contributed by atoms with Crippen molar-refractivity contribution in [2.24, 2.45) is 0 Å². The van der Waals surface area contributed by atoms with E-state index in [4.69, 9.17) is 4.74 Å². The summed E-state index contributed by atoms with van der Waals surface area (Å²) in [6.07, 6.45) is 2.49. The summed E-state index contributed by atoms with van der Waals surface area (Å²) in [5.41, 5.74) is 0. The van der Waals surface area contributed by atoms with Gasteiger partial charge in [-0.3, -0.25) is 0 Å². The second-order valence-electron chi connectivity index (χ2n) is 4.51. The van der Waals surface area contributed by atoms with E-state index in [0.29, 0.717) is 13.2 Å². The van der Waals surface area contributed by atoms with Crippen LogP contribution < -0.4 is 15.4 Å². The normalized spacial score (nSPS) is 11.7. The van der Waals surface area contributed by atoms with Gasteiger partial charge in [-0.2, -0.15) is 0 Å². The minimum absolute atomic E-state index is 0.0782. The maximum atomic E-state index is 11.7. The SMILES string of the molecule is C[C@H](NC(=O)NCCCOc1ccccc1)c1nccs1. The Kier molecular flexibility index (Phi) is 6.02. The van der Waals surface area contributed by atoms with E-state index in [1.165, 1.54) is 11.3 Å². The predicted octanol–water partition coefficient (Wildman–Crippen LogP) is 2.97. The Morgan fingerprint density at radius 1 is 1.38 bits per heavy atom. The quantitative estimate of drug-likeness (QED) is 0.773. The van der Waals surface area contributed by atoms with Crippen molar-refractivity contribution in [3.63, 3.8) is 0 Å². The Labute approximate surface area is 128 Å². The van der Waals surface area contributed by atoms with E-state index in [1.54, 1.807) is 6.20 Å². The third kappa shape index (κ3) is 5.43. The number of carbonyl (C=O) groups is 1. The van der Waals surface area contributed by atoms with Gasteiger partial charge in [0.25, 0.3) is 0 Å². The van der Waals surface area contributed by atoms with Crippen LogP contribution in [0.25, 0.3) is 0 Å². The molecule has 1 aromatic heterocycles. The number of thiazole rings is 1. The molecule has 21 heavy (non-hydrogen) atoms. The summed E-state index contributed by atoms with van der Waals surface area (Å²) in [5.74, 6) is 0.847. The first kappa shape index (κ1) is 15.3. The summed E-state index contributed by atoms with van der Waals surface area (Å²) in [7, 11) is 0. The Bertz CT molecular complexity index is 531. The van der Waals surface area contributed by atoms with Gasteiger partial charge in [0.05, 0.1) is 12.6 Å². The van der Waals surface area contributed by atoms with Gasteiger partial charge < -0.3 is 15.4 Å². The van der Waals surface area contributed by atoms with Crippen LogP contribution in [0, 0.1) is 0 Å². The smallest absolute Gasteiger partial charge is 0.315 e. The molecule has 0 aliphatic rings. The Morgan fingerprint density at radius 3 is 2.90 bits per heavy atom. The van der Waals surface area contributed by atoms with Crippen LogP contribution in [0.2, 0.25) is 0 Å². The van der Waals surface area contributed by atoms with Gasteiger partial charge in [0, 0.05) is 18.1 Å². The zero-order chi connectivity index (χ0) is 14.9. The van der Waals surface area contributed by atoms with Crippen LogP contribution >= 0.6 is 11.3 Å². The summed E-state index contributed by atoms with van der Waals surface area (Å²) in [5, 5.41) is 8.45. The summed E-state index contributed by atoms with van der Waals surface area (Å²) in [6.45, 7) is 3.06. The van der Waals surface area contributed by atoms with E-state index >= 15 is 0 Å². The van der Waals surface area contributed by atoms with Crippen molar-refractivity contribution in [3.8, 4) is 5.75 Å². The van der Waals surface area contributed by atoms with E-state index in [1.807, 2.05) is 42.6 Å². The predicted molar refractivity (Wildman–Crippen MR) is 83.6 cm³/mol. The number of aromatic nitrogens is 1. The number of benzene rings is 1. The fraction of sp³-hybridized carbons (Fsp3) is 0.333. The van der Waals surface area contributed by atoms with Gasteiger partial charge in [0.2, 0.25) is 0 Å². The molecule has 2 rings (SSSR count). The van der Waals surface area contributed by atoms with Crippen molar-refractivity contribution in [3.05, 3.63) is 46.9 Å². The molecule has 0 aliphatic carbocycles. The summed E-state index contributed by atoms with van der Waals surface area (Å²) in [4.78, 5) is 15.9. The van der Waals surface area contributed by atoms with E-state index in [-0.39, 0.29) is 12.1 Å². The lowest BCUT2D eigenvalue weighted by Gasteiger charge is -2.12. The van der Waals surface area contributed by atoms with Crippen LogP contribution in [0.4, 0.5) is 4.79 Å². The van der Waals surface area contributed by atoms with Gasteiger partial charge in [-0.25, -0.2) is 9.78 Å². The number of carbonyl (C=O) groups excluding carboxylic acids is 1. The average Bonchev–Trinajstić information content (AvgIpc) is 3.02. The first-order valence-electron chi connectivity index (χ1n) is 6.87. The first-order chi connectivity index (χ1) is 10.3. The summed E-state index contributed by atoms with van der Waals surface area (Å²) in [6, 6.07) is 9.37. The van der Waals surface area contributed by atoms with Gasteiger partial charge in [-0.1, -0.05) is 18.2 Å². The van der Waals surface area contributed by atoms with Crippen LogP contribution in [0.1, 0.15) is 24.4 Å². The van der Waals surface area contributed by atoms with Gasteiger partial charge in [-0.05, 0) is 25.5 Å². The maximum Gasteiger partial charge on any atom is 0.315 e. The van der Waals surface area contributed by atoms with Gasteiger partial charge in [0.1, 0.15) is 10.8 Å². The van der Waals surface area contributed by atoms with E-state index in [0.717, 1.165) is 17.2 Å². The number of para-hydroxylation sites is 1. The summed E-state index contributed by atoms with van der Waals surface area (Å²) < 4.78 is 5.55. The van der Waals surface area contributed by atoms with Crippen molar-refractivity contribution in [1.82, 2.24) is 15.6 Å². The van der Waals surface area contributed by atoms with Gasteiger partial charge in [0.15, 0.2) is 0 Å². The Balaban J connectivity index is 1.57. The Hall–Kier alpha value is -2.08. The fourth-order valence-corrected chi connectivity index (χ4v) is 2.38. The van der Waals surface area contributed by atoms with E-state index in [2.05, 4.69) is 15.6 Å². The van der Waals surface area contributed by atoms with Crippen molar-refractivity contribution in [2.75, 3.05) is 13.2 Å². The molecule has 0 bridgehead atoms. The number of nitrogens with zero attached hydrogens (tertiary/aromatic N) is 1. The van der Waals surface area contributed by atoms with Gasteiger partial charge >= 0.3 is 6.03 Å². The average molecular weight is 305 g/mol. The number of rotatable bonds is 7. The van der Waals surface area contributed by atoms with Crippen molar-refractivity contribution in [1.29, 1.82) is 0 Å². The largest absolute Gasteiger partial charge is 0.494 e.